The van der Waals surface area contributed by atoms with Gasteiger partial charge in [0, 0.05) is 45.3 Å². The van der Waals surface area contributed by atoms with Crippen LogP contribution in [0.2, 0.25) is 0 Å². The Bertz CT molecular complexity index is 1250. The summed E-state index contributed by atoms with van der Waals surface area (Å²) in [7, 11) is 1.63. The topological polar surface area (TPSA) is 43.3 Å². The zero-order chi connectivity index (χ0) is 22.0. The van der Waals surface area contributed by atoms with Crippen LogP contribution in [0.3, 0.4) is 0 Å². The molecule has 4 aromatic rings. The third kappa shape index (κ3) is 4.37. The Morgan fingerprint density at radius 1 is 1.03 bits per heavy atom. The van der Waals surface area contributed by atoms with E-state index in [1.165, 1.54) is 16.8 Å². The molecule has 1 aromatic heterocycles. The van der Waals surface area contributed by atoms with Gasteiger partial charge < -0.3 is 14.6 Å². The number of nitrogens with one attached hydrogen (secondary N) is 1. The number of carbonyl (C=O) groups is 1. The van der Waals surface area contributed by atoms with Crippen molar-refractivity contribution in [3.05, 3.63) is 99.2 Å². The van der Waals surface area contributed by atoms with Gasteiger partial charge in [0.1, 0.15) is 5.75 Å². The van der Waals surface area contributed by atoms with E-state index in [1.54, 1.807) is 7.11 Å². The minimum absolute atomic E-state index is 0.100. The highest BCUT2D eigenvalue weighted by Gasteiger charge is 2.15. The molecule has 1 amide bonds. The van der Waals surface area contributed by atoms with Crippen molar-refractivity contribution in [2.75, 3.05) is 7.11 Å². The van der Waals surface area contributed by atoms with Crippen molar-refractivity contribution in [1.29, 1.82) is 0 Å². The van der Waals surface area contributed by atoms with Crippen LogP contribution in [0, 0.1) is 13.8 Å². The maximum absolute atomic E-state index is 12.9. The minimum Gasteiger partial charge on any atom is -0.496 e. The Morgan fingerprint density at radius 2 is 1.81 bits per heavy atom. The first-order chi connectivity index (χ1) is 15.0. The maximum Gasteiger partial charge on any atom is 0.251 e. The minimum atomic E-state index is -0.100. The normalized spacial score (nSPS) is 11.0. The van der Waals surface area contributed by atoms with Crippen LogP contribution in [-0.4, -0.2) is 17.6 Å². The summed E-state index contributed by atoms with van der Waals surface area (Å²) >= 11 is 3.47. The van der Waals surface area contributed by atoms with Gasteiger partial charge >= 0.3 is 0 Å². The number of benzene rings is 3. The number of rotatable bonds is 6. The Hall–Kier alpha value is -3.05. The number of halogens is 1. The van der Waals surface area contributed by atoms with Crippen molar-refractivity contribution in [2.24, 2.45) is 0 Å². The van der Waals surface area contributed by atoms with Crippen LogP contribution >= 0.6 is 15.9 Å². The fourth-order valence-electron chi connectivity index (χ4n) is 3.92. The van der Waals surface area contributed by atoms with E-state index in [0.29, 0.717) is 12.1 Å². The second-order valence-corrected chi connectivity index (χ2v) is 8.57. The molecule has 0 radical (unpaired) electrons. The Kier molecular flexibility index (Phi) is 6.14. The van der Waals surface area contributed by atoms with Crippen LogP contribution in [0.5, 0.6) is 5.75 Å². The van der Waals surface area contributed by atoms with E-state index in [2.05, 4.69) is 63.9 Å². The fraction of sp³-hybridized carbons (Fsp3) is 0.192. The number of aromatic nitrogens is 1. The van der Waals surface area contributed by atoms with Gasteiger partial charge in [-0.25, -0.2) is 0 Å². The standard InChI is InChI=1S/C26H25BrN2O2/c1-17-18(2)29(16-19-7-5-4-6-8-19)24-11-9-20(14-23(17)24)26(30)28-15-21-13-22(27)10-12-25(21)31-3/h4-14H,15-16H2,1-3H3,(H,28,30). The molecule has 0 aliphatic rings. The van der Waals surface area contributed by atoms with Gasteiger partial charge in [0.2, 0.25) is 0 Å². The zero-order valence-electron chi connectivity index (χ0n) is 17.9. The summed E-state index contributed by atoms with van der Waals surface area (Å²) < 4.78 is 8.66. The molecular formula is C26H25BrN2O2. The number of fused-ring (bicyclic) bond motifs is 1. The first kappa shape index (κ1) is 21.2. The van der Waals surface area contributed by atoms with E-state index in [1.807, 2.05) is 42.5 Å². The second-order valence-electron chi connectivity index (χ2n) is 7.65. The van der Waals surface area contributed by atoms with Gasteiger partial charge in [0.15, 0.2) is 0 Å². The highest BCUT2D eigenvalue weighted by molar-refractivity contribution is 9.10. The third-order valence-electron chi connectivity index (χ3n) is 5.77. The molecule has 0 bridgehead atoms. The molecule has 0 fully saturated rings. The lowest BCUT2D eigenvalue weighted by molar-refractivity contribution is 0.0951. The molecule has 0 saturated heterocycles. The van der Waals surface area contributed by atoms with Gasteiger partial charge in [0.05, 0.1) is 7.11 Å². The molecule has 5 heteroatoms. The number of nitrogens with zero attached hydrogens (tertiary/aromatic N) is 1. The molecule has 4 rings (SSSR count). The number of ether oxygens (including phenoxy) is 1. The summed E-state index contributed by atoms with van der Waals surface area (Å²) in [6.07, 6.45) is 0. The average Bonchev–Trinajstić information content (AvgIpc) is 3.02. The van der Waals surface area contributed by atoms with Crippen LogP contribution in [0.25, 0.3) is 10.9 Å². The van der Waals surface area contributed by atoms with Gasteiger partial charge in [-0.1, -0.05) is 46.3 Å². The number of aryl methyl sites for hydroxylation is 1. The summed E-state index contributed by atoms with van der Waals surface area (Å²) in [5.74, 6) is 0.653. The van der Waals surface area contributed by atoms with Gasteiger partial charge in [-0.3, -0.25) is 4.79 Å². The molecule has 0 unspecified atom stereocenters. The summed E-state index contributed by atoms with van der Waals surface area (Å²) in [5.41, 5.74) is 6.40. The molecule has 0 aliphatic carbocycles. The number of hydrogen-bond acceptors (Lipinski definition) is 2. The van der Waals surface area contributed by atoms with Crippen molar-refractivity contribution in [3.8, 4) is 5.75 Å². The number of amides is 1. The third-order valence-corrected chi connectivity index (χ3v) is 6.26. The van der Waals surface area contributed by atoms with Crippen LogP contribution < -0.4 is 10.1 Å². The van der Waals surface area contributed by atoms with Crippen LogP contribution in [0.15, 0.2) is 71.2 Å². The lowest BCUT2D eigenvalue weighted by Gasteiger charge is -2.11. The molecule has 158 valence electrons. The number of methoxy groups -OCH3 is 1. The first-order valence-electron chi connectivity index (χ1n) is 10.2. The fourth-order valence-corrected chi connectivity index (χ4v) is 4.33. The predicted octanol–water partition coefficient (Wildman–Crippen LogP) is 6.01. The molecule has 0 aliphatic heterocycles. The number of carbonyl (C=O) groups excluding carboxylic acids is 1. The molecule has 0 saturated carbocycles. The van der Waals surface area contributed by atoms with E-state index in [9.17, 15) is 4.79 Å². The molecule has 3 aromatic carbocycles. The first-order valence-corrected chi connectivity index (χ1v) is 11.0. The quantitative estimate of drug-likeness (QED) is 0.370. The van der Waals surface area contributed by atoms with Crippen LogP contribution in [0.1, 0.15) is 32.7 Å². The highest BCUT2D eigenvalue weighted by Crippen LogP contribution is 2.28. The molecule has 31 heavy (non-hydrogen) atoms. The number of hydrogen-bond donors (Lipinski definition) is 1. The monoisotopic (exact) mass is 476 g/mol. The smallest absolute Gasteiger partial charge is 0.251 e. The van der Waals surface area contributed by atoms with E-state index in [-0.39, 0.29) is 5.91 Å². The molecule has 1 heterocycles. The van der Waals surface area contributed by atoms with E-state index in [4.69, 9.17) is 4.74 Å². The Morgan fingerprint density at radius 3 is 2.55 bits per heavy atom. The van der Waals surface area contributed by atoms with Crippen LogP contribution in [0.4, 0.5) is 0 Å². The summed E-state index contributed by atoms with van der Waals surface area (Å²) in [5, 5.41) is 4.13. The van der Waals surface area contributed by atoms with Crippen molar-refractivity contribution >= 4 is 32.7 Å². The maximum atomic E-state index is 12.9. The van der Waals surface area contributed by atoms with Gasteiger partial charge in [-0.15, -0.1) is 0 Å². The van der Waals surface area contributed by atoms with Crippen molar-refractivity contribution in [3.63, 3.8) is 0 Å². The van der Waals surface area contributed by atoms with Crippen LogP contribution in [-0.2, 0) is 13.1 Å². The lowest BCUT2D eigenvalue weighted by atomic mass is 10.1. The highest BCUT2D eigenvalue weighted by atomic mass is 79.9. The van der Waals surface area contributed by atoms with E-state index in [0.717, 1.165) is 33.2 Å². The van der Waals surface area contributed by atoms with Crippen molar-refractivity contribution in [2.45, 2.75) is 26.9 Å². The zero-order valence-corrected chi connectivity index (χ0v) is 19.5. The van der Waals surface area contributed by atoms with Gasteiger partial charge in [0.25, 0.3) is 5.91 Å². The van der Waals surface area contributed by atoms with Crippen molar-refractivity contribution in [1.82, 2.24) is 9.88 Å². The Labute approximate surface area is 191 Å². The molecule has 0 spiro atoms. The summed E-state index contributed by atoms with van der Waals surface area (Å²) in [6, 6.07) is 22.1. The lowest BCUT2D eigenvalue weighted by Crippen LogP contribution is -2.23. The van der Waals surface area contributed by atoms with Gasteiger partial charge in [-0.05, 0) is 61.4 Å². The largest absolute Gasteiger partial charge is 0.496 e. The predicted molar refractivity (Wildman–Crippen MR) is 129 cm³/mol. The van der Waals surface area contributed by atoms with Gasteiger partial charge in [-0.2, -0.15) is 0 Å². The van der Waals surface area contributed by atoms with E-state index < -0.39 is 0 Å². The average molecular weight is 477 g/mol. The molecular weight excluding hydrogens is 452 g/mol. The summed E-state index contributed by atoms with van der Waals surface area (Å²) in [6.45, 7) is 5.46. The Balaban J connectivity index is 1.59. The molecule has 4 nitrogen and oxygen atoms in total. The van der Waals surface area contributed by atoms with E-state index >= 15 is 0 Å². The summed E-state index contributed by atoms with van der Waals surface area (Å²) in [4.78, 5) is 12.9. The van der Waals surface area contributed by atoms with Crippen molar-refractivity contribution < 1.29 is 9.53 Å². The second kappa shape index (κ2) is 8.98. The molecule has 1 N–H and O–H groups in total. The molecule has 0 atom stereocenters. The SMILES string of the molecule is COc1ccc(Br)cc1CNC(=O)c1ccc2c(c1)c(C)c(C)n2Cc1ccccc1.